The van der Waals surface area contributed by atoms with Gasteiger partial charge in [-0.3, -0.25) is 9.59 Å². The Balaban J connectivity index is 2.01. The number of carbonyl (C=O) groups is 3. The smallest absolute Gasteiger partial charge is 0.326 e. The van der Waals surface area contributed by atoms with Crippen molar-refractivity contribution in [3.05, 3.63) is 41.1 Å². The molecular formula is C18H20N4O5. The first-order chi connectivity index (χ1) is 12.8. The second-order valence-corrected chi connectivity index (χ2v) is 6.23. The fraction of sp³-hybridized carbons (Fsp3) is 0.333. The van der Waals surface area contributed by atoms with Gasteiger partial charge >= 0.3 is 12.2 Å². The van der Waals surface area contributed by atoms with Gasteiger partial charge in [0.05, 0.1) is 0 Å². The Morgan fingerprint density at radius 3 is 2.78 bits per heavy atom. The molecule has 142 valence electrons. The van der Waals surface area contributed by atoms with Gasteiger partial charge < -0.3 is 26.0 Å². The largest absolute Gasteiger partial charge is 0.480 e. The first kappa shape index (κ1) is 20.0. The van der Waals surface area contributed by atoms with E-state index in [1.165, 1.54) is 0 Å². The summed E-state index contributed by atoms with van der Waals surface area (Å²) in [7, 11) is 0. The number of carbonyl (C=O) groups excluding carboxylic acids is 2. The molecule has 4 N–H and O–H groups in total. The summed E-state index contributed by atoms with van der Waals surface area (Å²) in [4.78, 5) is 40.3. The minimum absolute atomic E-state index is 0.0116. The summed E-state index contributed by atoms with van der Waals surface area (Å²) < 4.78 is 0. The number of amides is 1. The van der Waals surface area contributed by atoms with Crippen LogP contribution in [0.3, 0.4) is 0 Å². The van der Waals surface area contributed by atoms with E-state index in [1.807, 2.05) is 25.1 Å². The Hall–Kier alpha value is -3.29. The second kappa shape index (κ2) is 8.88. The summed E-state index contributed by atoms with van der Waals surface area (Å²) in [6.45, 7) is 1.93. The number of aromatic amines is 1. The van der Waals surface area contributed by atoms with Crippen LogP contribution in [0.5, 0.6) is 0 Å². The number of nitrogens with one attached hydrogen (secondary N) is 2. The zero-order valence-corrected chi connectivity index (χ0v) is 14.7. The second-order valence-electron chi connectivity index (χ2n) is 6.23. The molecule has 0 saturated heterocycles. The summed E-state index contributed by atoms with van der Waals surface area (Å²) in [5, 5.41) is 22.5. The number of H-pyrrole nitrogens is 1. The molecule has 0 spiro atoms. The molecule has 0 radical (unpaired) electrons. The highest BCUT2D eigenvalue weighted by atomic mass is 16.4. The van der Waals surface area contributed by atoms with E-state index in [1.54, 1.807) is 6.20 Å². The molecule has 0 aliphatic carbocycles. The minimum atomic E-state index is -1.44. The molecule has 2 unspecified atom stereocenters. The van der Waals surface area contributed by atoms with E-state index in [9.17, 15) is 24.6 Å². The molecule has 0 aliphatic heterocycles. The molecule has 1 heterocycles. The number of carboxylic acid groups (broad SMARTS) is 1. The SMILES string of the molecule is Cc1ccc2[nH]cc(CC(O)C(=O)NC(CCC(=O)C=[N+]=[N-])C(=O)O)c2c1. The molecule has 1 amide bonds. The summed E-state index contributed by atoms with van der Waals surface area (Å²) in [5.74, 6) is -2.74. The summed E-state index contributed by atoms with van der Waals surface area (Å²) in [5.41, 5.74) is 10.9. The van der Waals surface area contributed by atoms with Crippen LogP contribution >= 0.6 is 0 Å². The Morgan fingerprint density at radius 1 is 1.37 bits per heavy atom. The van der Waals surface area contributed by atoms with E-state index in [-0.39, 0.29) is 19.3 Å². The third-order valence-corrected chi connectivity index (χ3v) is 4.13. The number of aliphatic hydroxyl groups is 1. The zero-order valence-electron chi connectivity index (χ0n) is 14.7. The lowest BCUT2D eigenvalue weighted by atomic mass is 10.0. The molecule has 0 bridgehead atoms. The highest BCUT2D eigenvalue weighted by molar-refractivity contribution is 6.25. The topological polar surface area (TPSA) is 156 Å². The Kier molecular flexibility index (Phi) is 6.59. The van der Waals surface area contributed by atoms with Gasteiger partial charge in [0, 0.05) is 29.9 Å². The molecule has 1 aromatic carbocycles. The lowest BCUT2D eigenvalue weighted by Crippen LogP contribution is -2.46. The summed E-state index contributed by atoms with van der Waals surface area (Å²) >= 11 is 0. The molecule has 2 atom stereocenters. The number of aromatic nitrogens is 1. The molecular weight excluding hydrogens is 352 g/mol. The standard InChI is InChI=1S/C18H20N4O5/c1-10-2-4-14-13(6-10)11(8-20-14)7-16(24)17(25)22-15(18(26)27)5-3-12(23)9-21-19/h2,4,6,8-9,15-16,20,24H,3,5,7H2,1H3,(H,22,25)(H,26,27). The van der Waals surface area contributed by atoms with Crippen LogP contribution in [0.25, 0.3) is 16.4 Å². The van der Waals surface area contributed by atoms with Crippen LogP contribution in [0.1, 0.15) is 24.0 Å². The van der Waals surface area contributed by atoms with Gasteiger partial charge in [0.15, 0.2) is 0 Å². The van der Waals surface area contributed by atoms with E-state index < -0.39 is 29.8 Å². The molecule has 9 heteroatoms. The van der Waals surface area contributed by atoms with Gasteiger partial charge in [-0.05, 0) is 31.0 Å². The first-order valence-corrected chi connectivity index (χ1v) is 8.30. The number of benzene rings is 1. The lowest BCUT2D eigenvalue weighted by Gasteiger charge is -2.16. The first-order valence-electron chi connectivity index (χ1n) is 8.30. The maximum atomic E-state index is 12.2. The highest BCUT2D eigenvalue weighted by Crippen LogP contribution is 2.21. The quantitative estimate of drug-likeness (QED) is 0.288. The van der Waals surface area contributed by atoms with E-state index >= 15 is 0 Å². The van der Waals surface area contributed by atoms with Crippen molar-refractivity contribution in [1.82, 2.24) is 10.3 Å². The van der Waals surface area contributed by atoms with Crippen LogP contribution in [0, 0.1) is 6.92 Å². The molecule has 2 aromatic rings. The molecule has 2 rings (SSSR count). The number of rotatable bonds is 9. The fourth-order valence-corrected chi connectivity index (χ4v) is 2.70. The monoisotopic (exact) mass is 372 g/mol. The number of aliphatic carboxylic acids is 1. The van der Waals surface area contributed by atoms with E-state index in [0.29, 0.717) is 6.21 Å². The number of hydrogen-bond acceptors (Lipinski definition) is 4. The normalized spacial score (nSPS) is 12.8. The number of carboxylic acids is 1. The maximum absolute atomic E-state index is 12.2. The molecule has 27 heavy (non-hydrogen) atoms. The predicted molar refractivity (Wildman–Crippen MR) is 96.2 cm³/mol. The number of aryl methyl sites for hydroxylation is 1. The van der Waals surface area contributed by atoms with Gasteiger partial charge in [-0.25, -0.2) is 4.79 Å². The van der Waals surface area contributed by atoms with E-state index in [0.717, 1.165) is 22.0 Å². The van der Waals surface area contributed by atoms with Crippen molar-refractivity contribution in [3.8, 4) is 0 Å². The van der Waals surface area contributed by atoms with Crippen LogP contribution in [0.15, 0.2) is 24.4 Å². The number of fused-ring (bicyclic) bond motifs is 1. The number of nitrogens with zero attached hydrogens (tertiary/aromatic N) is 2. The number of Topliss-reactive ketones (excluding diaryl/α,β-unsaturated/α-hetero) is 1. The number of aliphatic hydroxyl groups excluding tert-OH is 1. The molecule has 0 saturated carbocycles. The van der Waals surface area contributed by atoms with Gasteiger partial charge in [-0.15, -0.1) is 0 Å². The molecule has 1 aromatic heterocycles. The Bertz CT molecular complexity index is 914. The van der Waals surface area contributed by atoms with Crippen LogP contribution in [-0.2, 0) is 20.8 Å². The minimum Gasteiger partial charge on any atom is -0.480 e. The molecule has 0 aliphatic rings. The van der Waals surface area contributed by atoms with Gasteiger partial charge in [-0.1, -0.05) is 11.6 Å². The average Bonchev–Trinajstić information content (AvgIpc) is 3.00. The van der Waals surface area contributed by atoms with Gasteiger partial charge in [-0.2, -0.15) is 4.79 Å². The van der Waals surface area contributed by atoms with Crippen molar-refractivity contribution in [3.63, 3.8) is 0 Å². The van der Waals surface area contributed by atoms with Gasteiger partial charge in [0.25, 0.3) is 0 Å². The van der Waals surface area contributed by atoms with Crippen LogP contribution in [-0.4, -0.2) is 56.0 Å². The maximum Gasteiger partial charge on any atom is 0.326 e. The average molecular weight is 372 g/mol. The van der Waals surface area contributed by atoms with Crippen molar-refractivity contribution < 1.29 is 29.4 Å². The van der Waals surface area contributed by atoms with E-state index in [2.05, 4.69) is 15.1 Å². The van der Waals surface area contributed by atoms with Crippen molar-refractivity contribution in [2.45, 2.75) is 38.3 Å². The highest BCUT2D eigenvalue weighted by Gasteiger charge is 2.25. The lowest BCUT2D eigenvalue weighted by molar-refractivity contribution is -0.143. The van der Waals surface area contributed by atoms with Crippen molar-refractivity contribution in [2.24, 2.45) is 0 Å². The number of ketones is 1. The van der Waals surface area contributed by atoms with E-state index in [4.69, 9.17) is 5.53 Å². The zero-order chi connectivity index (χ0) is 20.0. The summed E-state index contributed by atoms with van der Waals surface area (Å²) in [6, 6.07) is 4.42. The van der Waals surface area contributed by atoms with Gasteiger partial charge in [0.2, 0.25) is 11.7 Å². The Labute approximate surface area is 154 Å². The van der Waals surface area contributed by atoms with Crippen molar-refractivity contribution in [1.29, 1.82) is 0 Å². The third-order valence-electron chi connectivity index (χ3n) is 4.13. The predicted octanol–water partition coefficient (Wildman–Crippen LogP) is 0.599. The Morgan fingerprint density at radius 2 is 2.11 bits per heavy atom. The van der Waals surface area contributed by atoms with Crippen LogP contribution in [0.2, 0.25) is 0 Å². The molecule has 0 fully saturated rings. The van der Waals surface area contributed by atoms with Gasteiger partial charge in [0.1, 0.15) is 12.1 Å². The van der Waals surface area contributed by atoms with Crippen molar-refractivity contribution >= 4 is 34.8 Å². The number of hydrogen-bond donors (Lipinski definition) is 4. The van der Waals surface area contributed by atoms with Crippen LogP contribution in [0.4, 0.5) is 0 Å². The van der Waals surface area contributed by atoms with Crippen molar-refractivity contribution in [2.75, 3.05) is 0 Å². The van der Waals surface area contributed by atoms with Crippen LogP contribution < -0.4 is 5.32 Å². The summed E-state index contributed by atoms with van der Waals surface area (Å²) in [6.07, 6.45) is 0.513. The fourth-order valence-electron chi connectivity index (χ4n) is 2.70. The molecule has 9 nitrogen and oxygen atoms in total. The third kappa shape index (κ3) is 5.34.